The lowest BCUT2D eigenvalue weighted by molar-refractivity contribution is -0.125. The van der Waals surface area contributed by atoms with Crippen molar-refractivity contribution in [2.75, 3.05) is 26.7 Å². The number of likely N-dealkylation sites (tertiary alicyclic amines) is 1. The molecular formula is C19H26N6O. The summed E-state index contributed by atoms with van der Waals surface area (Å²) in [5.74, 6) is 0.122. The summed E-state index contributed by atoms with van der Waals surface area (Å²) in [5, 5.41) is 10.8. The molecule has 2 saturated heterocycles. The lowest BCUT2D eigenvalue weighted by atomic mass is 9.77. The molecule has 0 aliphatic carbocycles. The number of likely N-dealkylation sites (N-methyl/N-ethyl adjacent to an activating group) is 1. The molecule has 0 radical (unpaired) electrons. The van der Waals surface area contributed by atoms with Gasteiger partial charge in [-0.3, -0.25) is 9.69 Å². The van der Waals surface area contributed by atoms with Crippen LogP contribution in [0.15, 0.2) is 36.9 Å². The molecule has 2 aliphatic rings. The summed E-state index contributed by atoms with van der Waals surface area (Å²) < 4.78 is 1.73. The van der Waals surface area contributed by atoms with Crippen molar-refractivity contribution in [3.05, 3.63) is 42.5 Å². The first-order valence-corrected chi connectivity index (χ1v) is 9.28. The second-order valence-corrected chi connectivity index (χ2v) is 7.57. The summed E-state index contributed by atoms with van der Waals surface area (Å²) >= 11 is 0. The van der Waals surface area contributed by atoms with Crippen LogP contribution in [0.1, 0.15) is 24.8 Å². The van der Waals surface area contributed by atoms with E-state index in [1.807, 2.05) is 24.3 Å². The molecule has 26 heavy (non-hydrogen) atoms. The number of hydrogen-bond donors (Lipinski definition) is 2. The van der Waals surface area contributed by atoms with Gasteiger partial charge in [0.2, 0.25) is 5.91 Å². The average molecular weight is 354 g/mol. The maximum atomic E-state index is 12.8. The topological polar surface area (TPSA) is 75.1 Å². The zero-order chi connectivity index (χ0) is 18.0. The summed E-state index contributed by atoms with van der Waals surface area (Å²) in [5.41, 5.74) is 2.28. The first-order valence-electron chi connectivity index (χ1n) is 9.28. The SMILES string of the molecule is CN1CC2(CCNCC2)C[C@@H]1C(=O)NCc1ccccc1-n1cncn1. The number of benzene rings is 1. The van der Waals surface area contributed by atoms with Crippen molar-refractivity contribution in [2.45, 2.75) is 31.8 Å². The van der Waals surface area contributed by atoms with E-state index in [-0.39, 0.29) is 11.9 Å². The first-order chi connectivity index (χ1) is 12.7. The minimum Gasteiger partial charge on any atom is -0.351 e. The molecule has 1 atom stereocenters. The largest absolute Gasteiger partial charge is 0.351 e. The van der Waals surface area contributed by atoms with Gasteiger partial charge < -0.3 is 10.6 Å². The normalized spacial score (nSPS) is 22.6. The van der Waals surface area contributed by atoms with Crippen LogP contribution in [0, 0.1) is 5.41 Å². The molecule has 2 aromatic rings. The van der Waals surface area contributed by atoms with Crippen molar-refractivity contribution in [2.24, 2.45) is 5.41 Å². The maximum Gasteiger partial charge on any atom is 0.237 e. The van der Waals surface area contributed by atoms with Crippen LogP contribution in [0.2, 0.25) is 0 Å². The van der Waals surface area contributed by atoms with Gasteiger partial charge in [0.25, 0.3) is 0 Å². The van der Waals surface area contributed by atoms with Gasteiger partial charge in [0, 0.05) is 13.1 Å². The Morgan fingerprint density at radius 3 is 2.92 bits per heavy atom. The number of para-hydroxylation sites is 1. The zero-order valence-corrected chi connectivity index (χ0v) is 15.2. The summed E-state index contributed by atoms with van der Waals surface area (Å²) in [6.07, 6.45) is 6.47. The summed E-state index contributed by atoms with van der Waals surface area (Å²) in [6.45, 7) is 3.64. The zero-order valence-electron chi connectivity index (χ0n) is 15.2. The number of amides is 1. The molecule has 7 nitrogen and oxygen atoms in total. The number of nitrogens with zero attached hydrogens (tertiary/aromatic N) is 4. The number of carbonyl (C=O) groups excluding carboxylic acids is 1. The highest BCUT2D eigenvalue weighted by atomic mass is 16.2. The van der Waals surface area contributed by atoms with Crippen molar-refractivity contribution in [3.63, 3.8) is 0 Å². The van der Waals surface area contributed by atoms with E-state index < -0.39 is 0 Å². The molecule has 2 fully saturated rings. The van der Waals surface area contributed by atoms with Gasteiger partial charge in [-0.15, -0.1) is 0 Å². The van der Waals surface area contributed by atoms with E-state index in [1.165, 1.54) is 6.33 Å². The van der Waals surface area contributed by atoms with E-state index in [0.717, 1.165) is 50.1 Å². The van der Waals surface area contributed by atoms with Gasteiger partial charge in [-0.2, -0.15) is 5.10 Å². The van der Waals surface area contributed by atoms with Crippen LogP contribution < -0.4 is 10.6 Å². The Hall–Kier alpha value is -2.25. The Kier molecular flexibility index (Phi) is 4.74. The van der Waals surface area contributed by atoms with E-state index in [9.17, 15) is 4.79 Å². The Balaban J connectivity index is 1.42. The van der Waals surface area contributed by atoms with E-state index in [1.54, 1.807) is 11.0 Å². The molecule has 4 rings (SSSR count). The van der Waals surface area contributed by atoms with Gasteiger partial charge >= 0.3 is 0 Å². The Morgan fingerprint density at radius 1 is 1.35 bits per heavy atom. The Bertz CT molecular complexity index is 753. The molecule has 2 N–H and O–H groups in total. The van der Waals surface area contributed by atoms with Crippen molar-refractivity contribution in [1.82, 2.24) is 30.3 Å². The predicted octanol–water partition coefficient (Wildman–Crippen LogP) is 0.957. The monoisotopic (exact) mass is 354 g/mol. The van der Waals surface area contributed by atoms with Crippen LogP contribution in [0.4, 0.5) is 0 Å². The van der Waals surface area contributed by atoms with Crippen molar-refractivity contribution >= 4 is 5.91 Å². The molecule has 0 unspecified atom stereocenters. The van der Waals surface area contributed by atoms with Gasteiger partial charge in [0.1, 0.15) is 12.7 Å². The van der Waals surface area contributed by atoms with Crippen molar-refractivity contribution < 1.29 is 4.79 Å². The number of carbonyl (C=O) groups is 1. The number of aromatic nitrogens is 3. The van der Waals surface area contributed by atoms with Gasteiger partial charge in [0.15, 0.2) is 0 Å². The fourth-order valence-corrected chi connectivity index (χ4v) is 4.40. The first kappa shape index (κ1) is 17.2. The maximum absolute atomic E-state index is 12.8. The number of nitrogens with one attached hydrogen (secondary N) is 2. The lowest BCUT2D eigenvalue weighted by Gasteiger charge is -2.33. The number of hydrogen-bond acceptors (Lipinski definition) is 5. The third kappa shape index (κ3) is 3.37. The van der Waals surface area contributed by atoms with Gasteiger partial charge in [-0.25, -0.2) is 9.67 Å². The van der Waals surface area contributed by atoms with Gasteiger partial charge in [-0.1, -0.05) is 18.2 Å². The molecule has 7 heteroatoms. The smallest absolute Gasteiger partial charge is 0.237 e. The highest BCUT2D eigenvalue weighted by Crippen LogP contribution is 2.41. The van der Waals surface area contributed by atoms with E-state index in [2.05, 4.69) is 32.7 Å². The minimum atomic E-state index is -0.0355. The fourth-order valence-electron chi connectivity index (χ4n) is 4.40. The van der Waals surface area contributed by atoms with Gasteiger partial charge in [0.05, 0.1) is 11.7 Å². The third-order valence-corrected chi connectivity index (χ3v) is 5.82. The van der Waals surface area contributed by atoms with Gasteiger partial charge in [-0.05, 0) is 56.4 Å². The van der Waals surface area contributed by atoms with E-state index in [0.29, 0.717) is 12.0 Å². The van der Waals surface area contributed by atoms with Crippen LogP contribution in [0.5, 0.6) is 0 Å². The Morgan fingerprint density at radius 2 is 2.15 bits per heavy atom. The van der Waals surface area contributed by atoms with Crippen LogP contribution in [-0.4, -0.2) is 58.3 Å². The summed E-state index contributed by atoms with van der Waals surface area (Å²) in [7, 11) is 2.07. The van der Waals surface area contributed by atoms with E-state index >= 15 is 0 Å². The van der Waals surface area contributed by atoms with Crippen LogP contribution in [0.3, 0.4) is 0 Å². The quantitative estimate of drug-likeness (QED) is 0.855. The summed E-state index contributed by atoms with van der Waals surface area (Å²) in [6, 6.07) is 7.92. The van der Waals surface area contributed by atoms with E-state index in [4.69, 9.17) is 0 Å². The molecule has 1 aromatic carbocycles. The van der Waals surface area contributed by atoms with Crippen LogP contribution in [-0.2, 0) is 11.3 Å². The lowest BCUT2D eigenvalue weighted by Crippen LogP contribution is -2.41. The highest BCUT2D eigenvalue weighted by molar-refractivity contribution is 5.82. The Labute approximate surface area is 153 Å². The second-order valence-electron chi connectivity index (χ2n) is 7.57. The molecule has 0 saturated carbocycles. The molecule has 138 valence electrons. The molecule has 3 heterocycles. The van der Waals surface area contributed by atoms with Crippen molar-refractivity contribution in [1.29, 1.82) is 0 Å². The summed E-state index contributed by atoms with van der Waals surface area (Å²) in [4.78, 5) is 19.1. The van der Waals surface area contributed by atoms with Crippen LogP contribution in [0.25, 0.3) is 5.69 Å². The molecular weight excluding hydrogens is 328 g/mol. The molecule has 1 amide bonds. The highest BCUT2D eigenvalue weighted by Gasteiger charge is 2.45. The molecule has 0 bridgehead atoms. The molecule has 2 aliphatic heterocycles. The van der Waals surface area contributed by atoms with Crippen molar-refractivity contribution in [3.8, 4) is 5.69 Å². The molecule has 1 spiro atoms. The second kappa shape index (κ2) is 7.17. The average Bonchev–Trinajstić information content (AvgIpc) is 3.29. The fraction of sp³-hybridized carbons (Fsp3) is 0.526. The van der Waals surface area contributed by atoms with Crippen LogP contribution >= 0.6 is 0 Å². The standard InChI is InChI=1S/C19H26N6O/c1-24-12-19(6-8-20-9-7-19)10-17(24)18(26)22-11-15-4-2-3-5-16(15)25-14-21-13-23-25/h2-5,13-14,17,20H,6-12H2,1H3,(H,22,26)/t17-/m1/s1. The molecule has 1 aromatic heterocycles. The predicted molar refractivity (Wildman–Crippen MR) is 98.8 cm³/mol. The number of rotatable bonds is 4. The third-order valence-electron chi connectivity index (χ3n) is 5.82. The minimum absolute atomic E-state index is 0.0355. The number of piperidine rings is 1.